The third-order valence-electron chi connectivity index (χ3n) is 3.70. The van der Waals surface area contributed by atoms with E-state index < -0.39 is 24.1 Å². The van der Waals surface area contributed by atoms with Gasteiger partial charge < -0.3 is 14.8 Å². The Balaban J connectivity index is 1.90. The monoisotopic (exact) mass is 370 g/mol. The second-order valence-electron chi connectivity index (χ2n) is 6.22. The molecule has 0 aliphatic rings. The van der Waals surface area contributed by atoms with Crippen LogP contribution in [-0.4, -0.2) is 33.9 Å². The van der Waals surface area contributed by atoms with Crippen molar-refractivity contribution < 1.29 is 19.1 Å². The normalized spacial score (nSPS) is 12.7. The molecular weight excluding hydrogens is 348 g/mol. The van der Waals surface area contributed by atoms with Crippen molar-refractivity contribution in [2.75, 3.05) is 5.32 Å². The molecule has 0 radical (unpaired) electrons. The average molecular weight is 370 g/mol. The number of esters is 1. The Labute approximate surface area is 157 Å². The van der Waals surface area contributed by atoms with Crippen LogP contribution in [0.5, 0.6) is 5.75 Å². The zero-order valence-corrected chi connectivity index (χ0v) is 15.7. The third-order valence-corrected chi connectivity index (χ3v) is 3.70. The number of carbonyl (C=O) groups excluding carboxylic acids is 2. The minimum atomic E-state index is -1.000. The lowest BCUT2D eigenvalue weighted by atomic mass is 10.2. The van der Waals surface area contributed by atoms with E-state index in [1.165, 1.54) is 13.8 Å². The first kappa shape index (κ1) is 20.0. The van der Waals surface area contributed by atoms with Gasteiger partial charge in [0.15, 0.2) is 12.2 Å². The van der Waals surface area contributed by atoms with Crippen molar-refractivity contribution in [1.29, 1.82) is 5.26 Å². The number of ether oxygens (including phenoxy) is 2. The van der Waals surface area contributed by atoms with Gasteiger partial charge in [-0.05, 0) is 52.0 Å². The molecule has 0 aliphatic carbocycles. The van der Waals surface area contributed by atoms with Crippen molar-refractivity contribution in [3.8, 4) is 11.8 Å². The molecule has 1 aromatic carbocycles. The number of rotatable bonds is 7. The van der Waals surface area contributed by atoms with Gasteiger partial charge in [-0.15, -0.1) is 0 Å². The van der Waals surface area contributed by atoms with Crippen LogP contribution in [0.25, 0.3) is 0 Å². The Morgan fingerprint density at radius 3 is 2.37 bits per heavy atom. The molecule has 142 valence electrons. The van der Waals surface area contributed by atoms with Crippen molar-refractivity contribution in [3.05, 3.63) is 42.1 Å². The van der Waals surface area contributed by atoms with E-state index in [0.717, 1.165) is 0 Å². The lowest BCUT2D eigenvalue weighted by molar-refractivity contribution is -0.159. The Hall–Kier alpha value is -3.34. The van der Waals surface area contributed by atoms with Crippen molar-refractivity contribution in [2.24, 2.45) is 0 Å². The number of amides is 1. The zero-order chi connectivity index (χ0) is 20.0. The van der Waals surface area contributed by atoms with Gasteiger partial charge in [0.2, 0.25) is 0 Å². The van der Waals surface area contributed by atoms with E-state index in [-0.39, 0.29) is 6.04 Å². The molecule has 27 heavy (non-hydrogen) atoms. The Morgan fingerprint density at radius 1 is 1.11 bits per heavy atom. The fourth-order valence-corrected chi connectivity index (χ4v) is 2.24. The maximum atomic E-state index is 12.3. The van der Waals surface area contributed by atoms with Crippen LogP contribution < -0.4 is 10.1 Å². The molecule has 2 atom stereocenters. The zero-order valence-electron chi connectivity index (χ0n) is 15.7. The first-order valence-corrected chi connectivity index (χ1v) is 8.53. The quantitative estimate of drug-likeness (QED) is 0.751. The predicted molar refractivity (Wildman–Crippen MR) is 98.0 cm³/mol. The highest BCUT2D eigenvalue weighted by Crippen LogP contribution is 2.15. The number of anilines is 1. The minimum absolute atomic E-state index is 0.0778. The standard InChI is InChI=1S/C19H22N4O4/c1-12(2)23-17(9-10-21-23)22-18(24)13(3)27-19(25)14(4)26-16-7-5-15(11-20)6-8-16/h5-10,12-14H,1-4H3,(H,22,24)/t13-,14+/m0/s1. The lowest BCUT2D eigenvalue weighted by Gasteiger charge is -2.18. The van der Waals surface area contributed by atoms with Gasteiger partial charge in [-0.1, -0.05) is 0 Å². The molecule has 0 fully saturated rings. The molecule has 1 aromatic heterocycles. The number of hydrogen-bond acceptors (Lipinski definition) is 6. The Kier molecular flexibility index (Phi) is 6.55. The van der Waals surface area contributed by atoms with Gasteiger partial charge in [0, 0.05) is 12.1 Å². The summed E-state index contributed by atoms with van der Waals surface area (Å²) in [6, 6.07) is 10.1. The molecule has 0 saturated carbocycles. The molecule has 0 unspecified atom stereocenters. The molecule has 1 amide bonds. The number of hydrogen-bond donors (Lipinski definition) is 1. The molecule has 2 rings (SSSR count). The van der Waals surface area contributed by atoms with Crippen LogP contribution >= 0.6 is 0 Å². The van der Waals surface area contributed by atoms with E-state index >= 15 is 0 Å². The van der Waals surface area contributed by atoms with E-state index in [9.17, 15) is 9.59 Å². The number of nitrogens with one attached hydrogen (secondary N) is 1. The maximum Gasteiger partial charge on any atom is 0.347 e. The maximum absolute atomic E-state index is 12.3. The van der Waals surface area contributed by atoms with Gasteiger partial charge in [-0.2, -0.15) is 10.4 Å². The van der Waals surface area contributed by atoms with Crippen LogP contribution in [0.4, 0.5) is 5.82 Å². The first-order valence-electron chi connectivity index (χ1n) is 8.53. The van der Waals surface area contributed by atoms with Crippen LogP contribution in [0.2, 0.25) is 0 Å². The first-order chi connectivity index (χ1) is 12.8. The summed E-state index contributed by atoms with van der Waals surface area (Å²) in [4.78, 5) is 24.4. The summed E-state index contributed by atoms with van der Waals surface area (Å²) >= 11 is 0. The van der Waals surface area contributed by atoms with Crippen molar-refractivity contribution >= 4 is 17.7 Å². The van der Waals surface area contributed by atoms with Crippen molar-refractivity contribution in [3.63, 3.8) is 0 Å². The van der Waals surface area contributed by atoms with Crippen LogP contribution in [0.3, 0.4) is 0 Å². The summed E-state index contributed by atoms with van der Waals surface area (Å²) in [5, 5.41) is 15.6. The number of carbonyl (C=O) groups is 2. The second kappa shape index (κ2) is 8.85. The average Bonchev–Trinajstić information content (AvgIpc) is 3.10. The van der Waals surface area contributed by atoms with E-state index in [1.807, 2.05) is 19.9 Å². The smallest absolute Gasteiger partial charge is 0.347 e. The minimum Gasteiger partial charge on any atom is -0.479 e. The summed E-state index contributed by atoms with van der Waals surface area (Å²) in [7, 11) is 0. The molecule has 0 bridgehead atoms. The summed E-state index contributed by atoms with van der Waals surface area (Å²) in [5.74, 6) is -0.174. The number of aromatic nitrogens is 2. The van der Waals surface area contributed by atoms with Crippen molar-refractivity contribution in [1.82, 2.24) is 9.78 Å². The van der Waals surface area contributed by atoms with Crippen LogP contribution in [-0.2, 0) is 14.3 Å². The summed E-state index contributed by atoms with van der Waals surface area (Å²) < 4.78 is 12.3. The molecule has 0 spiro atoms. The fraction of sp³-hybridized carbons (Fsp3) is 0.368. The van der Waals surface area contributed by atoms with Crippen molar-refractivity contribution in [2.45, 2.75) is 45.9 Å². The Morgan fingerprint density at radius 2 is 1.78 bits per heavy atom. The van der Waals surface area contributed by atoms with E-state index in [2.05, 4.69) is 10.4 Å². The van der Waals surface area contributed by atoms with Crippen LogP contribution in [0.15, 0.2) is 36.5 Å². The van der Waals surface area contributed by atoms with Crippen LogP contribution in [0.1, 0.15) is 39.3 Å². The molecule has 8 nitrogen and oxygen atoms in total. The lowest BCUT2D eigenvalue weighted by Crippen LogP contribution is -2.35. The second-order valence-corrected chi connectivity index (χ2v) is 6.22. The fourth-order valence-electron chi connectivity index (χ4n) is 2.24. The Bertz CT molecular complexity index is 836. The molecule has 0 aliphatic heterocycles. The van der Waals surface area contributed by atoms with Gasteiger partial charge in [0.1, 0.15) is 11.6 Å². The van der Waals surface area contributed by atoms with Gasteiger partial charge in [0.05, 0.1) is 17.8 Å². The van der Waals surface area contributed by atoms with Gasteiger partial charge >= 0.3 is 5.97 Å². The summed E-state index contributed by atoms with van der Waals surface area (Å²) in [6.07, 6.45) is -0.325. The number of nitriles is 1. The molecule has 0 saturated heterocycles. The highest BCUT2D eigenvalue weighted by molar-refractivity contribution is 5.94. The highest BCUT2D eigenvalue weighted by atomic mass is 16.6. The topological polar surface area (TPSA) is 106 Å². The molecular formula is C19H22N4O4. The third kappa shape index (κ3) is 5.31. The van der Waals surface area contributed by atoms with Gasteiger partial charge in [0.25, 0.3) is 5.91 Å². The van der Waals surface area contributed by atoms with E-state index in [0.29, 0.717) is 17.1 Å². The van der Waals surface area contributed by atoms with Crippen LogP contribution in [0, 0.1) is 11.3 Å². The molecule has 1 N–H and O–H groups in total. The summed E-state index contributed by atoms with van der Waals surface area (Å²) in [5.41, 5.74) is 0.489. The van der Waals surface area contributed by atoms with E-state index in [4.69, 9.17) is 14.7 Å². The largest absolute Gasteiger partial charge is 0.479 e. The SMILES string of the molecule is CC(C)n1nccc1NC(=O)[C@H](C)OC(=O)[C@@H](C)Oc1ccc(C#N)cc1. The number of nitrogens with zero attached hydrogens (tertiary/aromatic N) is 3. The highest BCUT2D eigenvalue weighted by Gasteiger charge is 2.24. The number of benzene rings is 1. The predicted octanol–water partition coefficient (Wildman–Crippen LogP) is 2.67. The van der Waals surface area contributed by atoms with E-state index in [1.54, 1.807) is 41.2 Å². The molecule has 2 aromatic rings. The molecule has 1 heterocycles. The van der Waals surface area contributed by atoms with Gasteiger partial charge in [-0.3, -0.25) is 4.79 Å². The van der Waals surface area contributed by atoms with Gasteiger partial charge in [-0.25, -0.2) is 9.48 Å². The molecule has 8 heteroatoms. The summed E-state index contributed by atoms with van der Waals surface area (Å²) in [6.45, 7) is 6.89.